The van der Waals surface area contributed by atoms with Gasteiger partial charge in [0.1, 0.15) is 0 Å². The number of hydrogen-bond acceptors (Lipinski definition) is 3. The molecule has 102 valence electrons. The van der Waals surface area contributed by atoms with Crippen molar-refractivity contribution in [2.45, 2.75) is 44.4 Å². The molecule has 0 spiro atoms. The van der Waals surface area contributed by atoms with Crippen molar-refractivity contribution >= 4 is 5.69 Å². The van der Waals surface area contributed by atoms with Gasteiger partial charge in [0.25, 0.3) is 0 Å². The molecule has 2 bridgehead atoms. The largest absolute Gasteiger partial charge is 0.385 e. The highest BCUT2D eigenvalue weighted by molar-refractivity contribution is 5.54. The Balaban J connectivity index is 1.47. The highest BCUT2D eigenvalue weighted by Crippen LogP contribution is 2.28. The van der Waals surface area contributed by atoms with E-state index in [0.717, 1.165) is 26.2 Å². The Morgan fingerprint density at radius 3 is 2.89 bits per heavy atom. The van der Waals surface area contributed by atoms with Crippen molar-refractivity contribution in [1.29, 1.82) is 0 Å². The van der Waals surface area contributed by atoms with Gasteiger partial charge in [0.05, 0.1) is 12.2 Å². The van der Waals surface area contributed by atoms with Crippen molar-refractivity contribution in [3.8, 4) is 0 Å². The maximum atomic E-state index is 5.90. The molecule has 0 amide bonds. The van der Waals surface area contributed by atoms with Gasteiger partial charge in [0.15, 0.2) is 0 Å². The molecule has 3 nitrogen and oxygen atoms in total. The second-order valence-electron chi connectivity index (χ2n) is 6.17. The average molecular weight is 258 g/mol. The number of rotatable bonds is 2. The van der Waals surface area contributed by atoms with E-state index in [2.05, 4.69) is 28.4 Å². The lowest BCUT2D eigenvalue weighted by molar-refractivity contribution is -0.0410. The number of nitrogens with one attached hydrogen (secondary N) is 1. The smallest absolute Gasteiger partial charge is 0.0707 e. The fourth-order valence-electron chi connectivity index (χ4n) is 3.71. The Hall–Kier alpha value is -1.06. The molecule has 0 saturated carbocycles. The number of benzene rings is 1. The van der Waals surface area contributed by atoms with Crippen LogP contribution >= 0.6 is 0 Å². The van der Waals surface area contributed by atoms with E-state index in [0.29, 0.717) is 12.2 Å². The van der Waals surface area contributed by atoms with Crippen LogP contribution < -0.4 is 5.32 Å². The fraction of sp³-hybridized carbons (Fsp3) is 0.625. The predicted octanol–water partition coefficient (Wildman–Crippen LogP) is 2.41. The summed E-state index contributed by atoms with van der Waals surface area (Å²) in [6.07, 6.45) is 6.00. The van der Waals surface area contributed by atoms with Crippen molar-refractivity contribution in [2.75, 3.05) is 25.0 Å². The van der Waals surface area contributed by atoms with E-state index in [1.165, 1.54) is 42.5 Å². The molecular weight excluding hydrogens is 236 g/mol. The van der Waals surface area contributed by atoms with E-state index in [9.17, 15) is 0 Å². The van der Waals surface area contributed by atoms with Crippen LogP contribution in [-0.2, 0) is 17.7 Å². The van der Waals surface area contributed by atoms with Gasteiger partial charge in [-0.2, -0.15) is 0 Å². The summed E-state index contributed by atoms with van der Waals surface area (Å²) in [5.41, 5.74) is 4.31. The first-order chi connectivity index (χ1) is 9.37. The van der Waals surface area contributed by atoms with Crippen LogP contribution in [0.5, 0.6) is 0 Å². The first-order valence-electron chi connectivity index (χ1n) is 7.60. The lowest BCUT2D eigenvalue weighted by atomic mass is 10.0. The number of hydrogen-bond donors (Lipinski definition) is 1. The number of nitrogens with zero attached hydrogens (tertiary/aromatic N) is 1. The standard InChI is InChI=1S/C16H22N2O/c1-2-13-8-12(3-6-16(13)17-7-1)9-18-10-14-4-5-15(11-18)19-14/h3,6,8,14-15,17H,1-2,4-5,7,9-11H2. The highest BCUT2D eigenvalue weighted by Gasteiger charge is 2.33. The molecule has 2 saturated heterocycles. The number of aryl methyl sites for hydroxylation is 1. The molecule has 0 radical (unpaired) electrons. The number of morpholine rings is 1. The van der Waals surface area contributed by atoms with Crippen LogP contribution in [0.2, 0.25) is 0 Å². The molecule has 3 aliphatic heterocycles. The molecular formula is C16H22N2O. The molecule has 0 aromatic heterocycles. The molecule has 2 atom stereocenters. The lowest BCUT2D eigenvalue weighted by Crippen LogP contribution is -2.41. The maximum Gasteiger partial charge on any atom is 0.0707 e. The van der Waals surface area contributed by atoms with Crippen LogP contribution in [0.4, 0.5) is 5.69 Å². The summed E-state index contributed by atoms with van der Waals surface area (Å²) in [7, 11) is 0. The minimum absolute atomic E-state index is 0.498. The van der Waals surface area contributed by atoms with Crippen molar-refractivity contribution in [3.63, 3.8) is 0 Å². The van der Waals surface area contributed by atoms with Gasteiger partial charge in [-0.25, -0.2) is 0 Å². The molecule has 1 aromatic rings. The normalized spacial score (nSPS) is 29.9. The summed E-state index contributed by atoms with van der Waals surface area (Å²) < 4.78 is 5.90. The van der Waals surface area contributed by atoms with Gasteiger partial charge >= 0.3 is 0 Å². The van der Waals surface area contributed by atoms with Crippen molar-refractivity contribution in [2.24, 2.45) is 0 Å². The third kappa shape index (κ3) is 2.37. The third-order valence-corrected chi connectivity index (χ3v) is 4.63. The van der Waals surface area contributed by atoms with Crippen molar-refractivity contribution < 1.29 is 4.74 Å². The first kappa shape index (κ1) is 11.7. The molecule has 1 N–H and O–H groups in total. The van der Waals surface area contributed by atoms with E-state index in [4.69, 9.17) is 4.74 Å². The maximum absolute atomic E-state index is 5.90. The molecule has 3 heteroatoms. The minimum Gasteiger partial charge on any atom is -0.385 e. The number of likely N-dealkylation sites (tertiary alicyclic amines) is 1. The SMILES string of the molecule is c1cc2c(cc1CN1CC3CCC(C1)O3)CCCN2. The Labute approximate surface area is 114 Å². The van der Waals surface area contributed by atoms with Crippen LogP contribution in [-0.4, -0.2) is 36.7 Å². The molecule has 19 heavy (non-hydrogen) atoms. The zero-order valence-electron chi connectivity index (χ0n) is 11.4. The second kappa shape index (κ2) is 4.80. The average Bonchev–Trinajstić information content (AvgIpc) is 2.78. The Bertz CT molecular complexity index is 462. The quantitative estimate of drug-likeness (QED) is 0.881. The summed E-state index contributed by atoms with van der Waals surface area (Å²) >= 11 is 0. The molecule has 1 aromatic carbocycles. The summed E-state index contributed by atoms with van der Waals surface area (Å²) in [5.74, 6) is 0. The van der Waals surface area contributed by atoms with E-state index >= 15 is 0 Å². The second-order valence-corrected chi connectivity index (χ2v) is 6.17. The van der Waals surface area contributed by atoms with Crippen LogP contribution in [0.25, 0.3) is 0 Å². The van der Waals surface area contributed by atoms with E-state index < -0.39 is 0 Å². The van der Waals surface area contributed by atoms with Crippen LogP contribution in [0.15, 0.2) is 18.2 Å². The molecule has 4 rings (SSSR count). The zero-order chi connectivity index (χ0) is 12.7. The summed E-state index contributed by atoms with van der Waals surface area (Å²) in [6, 6.07) is 6.95. The van der Waals surface area contributed by atoms with Gasteiger partial charge < -0.3 is 10.1 Å². The number of ether oxygens (including phenoxy) is 1. The Morgan fingerprint density at radius 2 is 2.05 bits per heavy atom. The molecule has 3 aliphatic rings. The highest BCUT2D eigenvalue weighted by atomic mass is 16.5. The lowest BCUT2D eigenvalue weighted by Gasteiger charge is -2.32. The molecule has 2 fully saturated rings. The predicted molar refractivity (Wildman–Crippen MR) is 76.4 cm³/mol. The van der Waals surface area contributed by atoms with Gasteiger partial charge in [0, 0.05) is 31.9 Å². The van der Waals surface area contributed by atoms with E-state index in [-0.39, 0.29) is 0 Å². The van der Waals surface area contributed by atoms with Crippen LogP contribution in [0.1, 0.15) is 30.4 Å². The summed E-state index contributed by atoms with van der Waals surface area (Å²) in [4.78, 5) is 2.57. The summed E-state index contributed by atoms with van der Waals surface area (Å²) in [5, 5.41) is 3.48. The number of anilines is 1. The Kier molecular flexibility index (Phi) is 2.97. The molecule has 2 unspecified atom stereocenters. The molecule has 0 aliphatic carbocycles. The topological polar surface area (TPSA) is 24.5 Å². The van der Waals surface area contributed by atoms with E-state index in [1.807, 2.05) is 0 Å². The van der Waals surface area contributed by atoms with Gasteiger partial charge in [-0.15, -0.1) is 0 Å². The van der Waals surface area contributed by atoms with Gasteiger partial charge in [-0.05, 0) is 42.9 Å². The third-order valence-electron chi connectivity index (χ3n) is 4.63. The van der Waals surface area contributed by atoms with Crippen molar-refractivity contribution in [3.05, 3.63) is 29.3 Å². The number of fused-ring (bicyclic) bond motifs is 3. The monoisotopic (exact) mass is 258 g/mol. The van der Waals surface area contributed by atoms with Gasteiger partial charge in [-0.3, -0.25) is 4.90 Å². The van der Waals surface area contributed by atoms with Gasteiger partial charge in [0.2, 0.25) is 0 Å². The van der Waals surface area contributed by atoms with E-state index in [1.54, 1.807) is 0 Å². The van der Waals surface area contributed by atoms with Crippen molar-refractivity contribution in [1.82, 2.24) is 4.90 Å². The fourth-order valence-corrected chi connectivity index (χ4v) is 3.71. The van der Waals surface area contributed by atoms with Crippen LogP contribution in [0, 0.1) is 0 Å². The van der Waals surface area contributed by atoms with Crippen LogP contribution in [0.3, 0.4) is 0 Å². The summed E-state index contributed by atoms with van der Waals surface area (Å²) in [6.45, 7) is 4.44. The van der Waals surface area contributed by atoms with Gasteiger partial charge in [-0.1, -0.05) is 12.1 Å². The first-order valence-corrected chi connectivity index (χ1v) is 7.60. The minimum atomic E-state index is 0.498. The molecule has 3 heterocycles. The Morgan fingerprint density at radius 1 is 1.21 bits per heavy atom. The zero-order valence-corrected chi connectivity index (χ0v) is 11.4.